The molecule has 1 aromatic rings. The van der Waals surface area contributed by atoms with Crippen molar-refractivity contribution in [2.75, 3.05) is 13.7 Å². The van der Waals surface area contributed by atoms with Gasteiger partial charge in [-0.3, -0.25) is 0 Å². The van der Waals surface area contributed by atoms with E-state index in [4.69, 9.17) is 4.74 Å². The van der Waals surface area contributed by atoms with Crippen molar-refractivity contribution in [1.29, 1.82) is 0 Å². The molecule has 1 aromatic carbocycles. The molecule has 0 radical (unpaired) electrons. The number of hydrogen-bond donors (Lipinski definition) is 1. The molecular weight excluding hydrogens is 231 g/mol. The van der Waals surface area contributed by atoms with Crippen molar-refractivity contribution in [3.8, 4) is 0 Å². The van der Waals surface area contributed by atoms with Gasteiger partial charge in [-0.15, -0.1) is 0 Å². The van der Waals surface area contributed by atoms with Crippen LogP contribution in [0.5, 0.6) is 0 Å². The molecule has 0 spiro atoms. The molecule has 2 nitrogen and oxygen atoms in total. The fourth-order valence-electron chi connectivity index (χ4n) is 2.22. The smallest absolute Gasteiger partial charge is 0.123 e. The second-order valence-corrected chi connectivity index (χ2v) is 5.43. The summed E-state index contributed by atoms with van der Waals surface area (Å²) in [7, 11) is 1.66. The van der Waals surface area contributed by atoms with Crippen molar-refractivity contribution in [2.24, 2.45) is 5.92 Å². The molecule has 0 aliphatic heterocycles. The number of ether oxygens (including phenoxy) is 1. The molecule has 2 unspecified atom stereocenters. The number of rotatable bonds is 6. The van der Waals surface area contributed by atoms with Crippen LogP contribution >= 0.6 is 0 Å². The molecule has 3 heteroatoms. The number of hydrogen-bond acceptors (Lipinski definition) is 2. The highest BCUT2D eigenvalue weighted by Gasteiger charge is 2.33. The van der Waals surface area contributed by atoms with Crippen LogP contribution in [0.3, 0.4) is 0 Å². The van der Waals surface area contributed by atoms with Crippen molar-refractivity contribution in [3.05, 3.63) is 35.6 Å². The predicted octanol–water partition coefficient (Wildman–Crippen LogP) is 3.14. The van der Waals surface area contributed by atoms with Crippen LogP contribution < -0.4 is 0 Å². The number of aliphatic hydroxyl groups excluding tert-OH is 1. The lowest BCUT2D eigenvalue weighted by molar-refractivity contribution is 0.0353. The van der Waals surface area contributed by atoms with E-state index in [0.717, 1.165) is 12.0 Å². The molecule has 0 bridgehead atoms. The Morgan fingerprint density at radius 1 is 1.28 bits per heavy atom. The Morgan fingerprint density at radius 2 is 1.83 bits per heavy atom. The zero-order chi connectivity index (χ0) is 13.8. The first-order chi connectivity index (χ1) is 8.39. The van der Waals surface area contributed by atoms with Crippen molar-refractivity contribution >= 4 is 0 Å². The van der Waals surface area contributed by atoms with Gasteiger partial charge >= 0.3 is 0 Å². The third-order valence-corrected chi connectivity index (χ3v) is 3.64. The Labute approximate surface area is 109 Å². The Balaban J connectivity index is 2.81. The molecule has 2 atom stereocenters. The Kier molecular flexibility index (Phi) is 5.29. The van der Waals surface area contributed by atoms with Gasteiger partial charge in [0.05, 0.1) is 6.10 Å². The van der Waals surface area contributed by atoms with Gasteiger partial charge in [-0.2, -0.15) is 0 Å². The number of benzene rings is 1. The quantitative estimate of drug-likeness (QED) is 0.845. The zero-order valence-corrected chi connectivity index (χ0v) is 11.6. The van der Waals surface area contributed by atoms with Crippen LogP contribution in [0.15, 0.2) is 24.3 Å². The molecule has 0 aromatic heterocycles. The Morgan fingerprint density at radius 3 is 2.33 bits per heavy atom. The highest BCUT2D eigenvalue weighted by molar-refractivity contribution is 5.25. The van der Waals surface area contributed by atoms with Gasteiger partial charge in [-0.25, -0.2) is 4.39 Å². The normalized spacial score (nSPS) is 15.4. The first-order valence-electron chi connectivity index (χ1n) is 6.32. The van der Waals surface area contributed by atoms with Gasteiger partial charge in [-0.05, 0) is 30.0 Å². The van der Waals surface area contributed by atoms with E-state index in [0.29, 0.717) is 6.61 Å². The van der Waals surface area contributed by atoms with E-state index in [-0.39, 0.29) is 11.7 Å². The highest BCUT2D eigenvalue weighted by Crippen LogP contribution is 2.32. The topological polar surface area (TPSA) is 29.5 Å². The van der Waals surface area contributed by atoms with E-state index >= 15 is 0 Å². The van der Waals surface area contributed by atoms with Crippen LogP contribution in [0.4, 0.5) is 4.39 Å². The average molecular weight is 254 g/mol. The summed E-state index contributed by atoms with van der Waals surface area (Å²) in [6.07, 6.45) is 0.320. The van der Waals surface area contributed by atoms with E-state index in [1.165, 1.54) is 12.1 Å². The standard InChI is InChI=1S/C15H23FO2/c1-11(9-10-18-4)14(17)15(2,3)12-5-7-13(16)8-6-12/h5-8,11,14,17H,9-10H2,1-4H3. The summed E-state index contributed by atoms with van der Waals surface area (Å²) in [4.78, 5) is 0. The summed E-state index contributed by atoms with van der Waals surface area (Å²) in [6.45, 7) is 6.61. The third kappa shape index (κ3) is 3.53. The maximum Gasteiger partial charge on any atom is 0.123 e. The van der Waals surface area contributed by atoms with Crippen LogP contribution in [0.25, 0.3) is 0 Å². The predicted molar refractivity (Wildman–Crippen MR) is 71.1 cm³/mol. The van der Waals surface area contributed by atoms with E-state index in [2.05, 4.69) is 0 Å². The second-order valence-electron chi connectivity index (χ2n) is 5.43. The minimum atomic E-state index is -0.488. The molecule has 18 heavy (non-hydrogen) atoms. The Bertz CT molecular complexity index is 359. The van der Waals surface area contributed by atoms with Crippen LogP contribution in [0, 0.1) is 11.7 Å². The van der Waals surface area contributed by atoms with Crippen molar-refractivity contribution in [1.82, 2.24) is 0 Å². The first kappa shape index (κ1) is 15.1. The monoisotopic (exact) mass is 254 g/mol. The third-order valence-electron chi connectivity index (χ3n) is 3.64. The largest absolute Gasteiger partial charge is 0.392 e. The molecular formula is C15H23FO2. The van der Waals surface area contributed by atoms with Crippen LogP contribution in [-0.4, -0.2) is 24.9 Å². The second kappa shape index (κ2) is 6.30. The lowest BCUT2D eigenvalue weighted by Crippen LogP contribution is -2.38. The number of methoxy groups -OCH3 is 1. The average Bonchev–Trinajstić information content (AvgIpc) is 2.35. The van der Waals surface area contributed by atoms with Crippen LogP contribution in [-0.2, 0) is 10.2 Å². The van der Waals surface area contributed by atoms with Gasteiger partial charge in [-0.1, -0.05) is 32.9 Å². The summed E-state index contributed by atoms with van der Waals surface area (Å²) < 4.78 is 18.0. The van der Waals surface area contributed by atoms with E-state index in [1.807, 2.05) is 20.8 Å². The van der Waals surface area contributed by atoms with Gasteiger partial charge < -0.3 is 9.84 Å². The summed E-state index contributed by atoms with van der Waals surface area (Å²) in [5.41, 5.74) is 0.543. The van der Waals surface area contributed by atoms with Crippen molar-refractivity contribution < 1.29 is 14.2 Å². The van der Waals surface area contributed by atoms with Crippen LogP contribution in [0.1, 0.15) is 32.8 Å². The molecule has 1 rings (SSSR count). The lowest BCUT2D eigenvalue weighted by atomic mass is 9.74. The first-order valence-corrected chi connectivity index (χ1v) is 6.32. The molecule has 0 saturated heterocycles. The molecule has 0 amide bonds. The molecule has 102 valence electrons. The molecule has 0 heterocycles. The van der Waals surface area contributed by atoms with Gasteiger partial charge in [0, 0.05) is 19.1 Å². The number of aliphatic hydroxyl groups is 1. The molecule has 0 fully saturated rings. The van der Waals surface area contributed by atoms with E-state index in [1.54, 1.807) is 19.2 Å². The summed E-state index contributed by atoms with van der Waals surface area (Å²) in [5.74, 6) is -0.124. The summed E-state index contributed by atoms with van der Waals surface area (Å²) >= 11 is 0. The Hall–Kier alpha value is -0.930. The van der Waals surface area contributed by atoms with Crippen molar-refractivity contribution in [2.45, 2.75) is 38.7 Å². The molecule has 1 N–H and O–H groups in total. The summed E-state index contributed by atoms with van der Waals surface area (Å²) in [6, 6.07) is 6.34. The van der Waals surface area contributed by atoms with E-state index in [9.17, 15) is 9.50 Å². The molecule has 0 aliphatic rings. The van der Waals surface area contributed by atoms with Gasteiger partial charge in [0.1, 0.15) is 5.82 Å². The maximum absolute atomic E-state index is 12.9. The fraction of sp³-hybridized carbons (Fsp3) is 0.600. The van der Waals surface area contributed by atoms with Gasteiger partial charge in [0.15, 0.2) is 0 Å². The zero-order valence-electron chi connectivity index (χ0n) is 11.6. The van der Waals surface area contributed by atoms with Gasteiger partial charge in [0.25, 0.3) is 0 Å². The van der Waals surface area contributed by atoms with Gasteiger partial charge in [0.2, 0.25) is 0 Å². The highest BCUT2D eigenvalue weighted by atomic mass is 19.1. The molecule has 0 saturated carbocycles. The van der Waals surface area contributed by atoms with Crippen LogP contribution in [0.2, 0.25) is 0 Å². The fourth-order valence-corrected chi connectivity index (χ4v) is 2.22. The molecule has 0 aliphatic carbocycles. The minimum absolute atomic E-state index is 0.130. The lowest BCUT2D eigenvalue weighted by Gasteiger charge is -2.35. The number of halogens is 1. The maximum atomic E-state index is 12.9. The van der Waals surface area contributed by atoms with E-state index < -0.39 is 11.5 Å². The SMILES string of the molecule is COCCC(C)C(O)C(C)(C)c1ccc(F)cc1. The minimum Gasteiger partial charge on any atom is -0.392 e. The van der Waals surface area contributed by atoms with Crippen molar-refractivity contribution in [3.63, 3.8) is 0 Å². The summed E-state index contributed by atoms with van der Waals surface area (Å²) in [5, 5.41) is 10.4.